The van der Waals surface area contributed by atoms with E-state index in [4.69, 9.17) is 16.3 Å². The van der Waals surface area contributed by atoms with E-state index in [2.05, 4.69) is 11.4 Å². The summed E-state index contributed by atoms with van der Waals surface area (Å²) in [5, 5.41) is 4.25. The van der Waals surface area contributed by atoms with Crippen LogP contribution < -0.4 is 5.32 Å². The molecule has 0 radical (unpaired) electrons. The Morgan fingerprint density at radius 2 is 2.40 bits per heavy atom. The number of nitrogens with one attached hydrogen (secondary N) is 1. The van der Waals surface area contributed by atoms with Crippen molar-refractivity contribution in [3.05, 3.63) is 28.8 Å². The van der Waals surface area contributed by atoms with Crippen molar-refractivity contribution in [2.24, 2.45) is 5.92 Å². The van der Waals surface area contributed by atoms with Crippen molar-refractivity contribution in [1.29, 1.82) is 0 Å². The Morgan fingerprint density at radius 1 is 1.53 bits per heavy atom. The molecule has 1 atom stereocenters. The maximum atomic E-state index is 6.04. The first-order valence-corrected chi connectivity index (χ1v) is 5.72. The van der Waals surface area contributed by atoms with Crippen LogP contribution in [0.1, 0.15) is 12.0 Å². The van der Waals surface area contributed by atoms with Crippen LogP contribution in [0, 0.1) is 12.8 Å². The number of hydrogen-bond acceptors (Lipinski definition) is 2. The SMILES string of the molecule is Cc1c(Cl)cccc1NCC1CCOC1. The summed E-state index contributed by atoms with van der Waals surface area (Å²) in [6.45, 7) is 4.80. The summed E-state index contributed by atoms with van der Waals surface area (Å²) in [6, 6.07) is 5.96. The summed E-state index contributed by atoms with van der Waals surface area (Å²) in [6.07, 6.45) is 1.16. The molecule has 0 spiro atoms. The van der Waals surface area contributed by atoms with Gasteiger partial charge in [0.15, 0.2) is 0 Å². The zero-order valence-electron chi connectivity index (χ0n) is 8.92. The Morgan fingerprint density at radius 3 is 3.13 bits per heavy atom. The van der Waals surface area contributed by atoms with Crippen LogP contribution in [-0.4, -0.2) is 19.8 Å². The lowest BCUT2D eigenvalue weighted by Crippen LogP contribution is -2.14. The smallest absolute Gasteiger partial charge is 0.0511 e. The Kier molecular flexibility index (Phi) is 3.49. The van der Waals surface area contributed by atoms with Crippen molar-refractivity contribution in [1.82, 2.24) is 0 Å². The van der Waals surface area contributed by atoms with E-state index in [9.17, 15) is 0 Å². The number of halogens is 1. The zero-order chi connectivity index (χ0) is 10.7. The second-order valence-corrected chi connectivity index (χ2v) is 4.43. The lowest BCUT2D eigenvalue weighted by atomic mass is 10.1. The minimum Gasteiger partial charge on any atom is -0.384 e. The summed E-state index contributed by atoms with van der Waals surface area (Å²) in [4.78, 5) is 0. The largest absolute Gasteiger partial charge is 0.384 e. The maximum absolute atomic E-state index is 6.04. The average molecular weight is 226 g/mol. The topological polar surface area (TPSA) is 21.3 Å². The molecule has 1 saturated heterocycles. The predicted octanol–water partition coefficient (Wildman–Crippen LogP) is 3.10. The minimum atomic E-state index is 0.642. The summed E-state index contributed by atoms with van der Waals surface area (Å²) in [7, 11) is 0. The molecule has 3 heteroatoms. The van der Waals surface area contributed by atoms with Gasteiger partial charge in [0.25, 0.3) is 0 Å². The number of rotatable bonds is 3. The molecule has 2 rings (SSSR count). The van der Waals surface area contributed by atoms with Crippen LogP contribution in [0.15, 0.2) is 18.2 Å². The molecule has 0 saturated carbocycles. The maximum Gasteiger partial charge on any atom is 0.0511 e. The first-order chi connectivity index (χ1) is 7.27. The number of hydrogen-bond donors (Lipinski definition) is 1. The molecule has 0 aromatic heterocycles. The molecule has 1 aromatic rings. The van der Waals surface area contributed by atoms with Crippen molar-refractivity contribution >= 4 is 17.3 Å². The van der Waals surface area contributed by atoms with E-state index in [1.165, 1.54) is 0 Å². The zero-order valence-corrected chi connectivity index (χ0v) is 9.68. The quantitative estimate of drug-likeness (QED) is 0.854. The lowest BCUT2D eigenvalue weighted by Gasteiger charge is -2.13. The standard InChI is InChI=1S/C12H16ClNO/c1-9-11(13)3-2-4-12(9)14-7-10-5-6-15-8-10/h2-4,10,14H,5-8H2,1H3. The van der Waals surface area contributed by atoms with Gasteiger partial charge in [0, 0.05) is 29.8 Å². The molecule has 15 heavy (non-hydrogen) atoms. The molecule has 1 N–H and O–H groups in total. The third-order valence-corrected chi connectivity index (χ3v) is 3.28. The van der Waals surface area contributed by atoms with Gasteiger partial charge >= 0.3 is 0 Å². The van der Waals surface area contributed by atoms with Gasteiger partial charge in [-0.1, -0.05) is 17.7 Å². The van der Waals surface area contributed by atoms with E-state index in [0.717, 1.165) is 42.5 Å². The summed E-state index contributed by atoms with van der Waals surface area (Å²) in [5.41, 5.74) is 2.26. The van der Waals surface area contributed by atoms with Gasteiger partial charge < -0.3 is 10.1 Å². The van der Waals surface area contributed by atoms with Crippen molar-refractivity contribution in [3.8, 4) is 0 Å². The molecule has 1 aliphatic heterocycles. The monoisotopic (exact) mass is 225 g/mol. The van der Waals surface area contributed by atoms with E-state index in [0.29, 0.717) is 5.92 Å². The lowest BCUT2D eigenvalue weighted by molar-refractivity contribution is 0.187. The summed E-state index contributed by atoms with van der Waals surface area (Å²) >= 11 is 6.04. The van der Waals surface area contributed by atoms with Crippen LogP contribution in [0.3, 0.4) is 0 Å². The summed E-state index contributed by atoms with van der Waals surface area (Å²) < 4.78 is 5.33. The van der Waals surface area contributed by atoms with Crippen molar-refractivity contribution in [3.63, 3.8) is 0 Å². The van der Waals surface area contributed by atoms with Crippen LogP contribution in [0.5, 0.6) is 0 Å². The van der Waals surface area contributed by atoms with Gasteiger partial charge in [0.2, 0.25) is 0 Å². The highest BCUT2D eigenvalue weighted by Crippen LogP contribution is 2.23. The Hall–Kier alpha value is -0.730. The second kappa shape index (κ2) is 4.86. The van der Waals surface area contributed by atoms with Gasteiger partial charge in [-0.25, -0.2) is 0 Å². The predicted molar refractivity (Wildman–Crippen MR) is 63.6 cm³/mol. The van der Waals surface area contributed by atoms with Crippen LogP contribution in [-0.2, 0) is 4.74 Å². The van der Waals surface area contributed by atoms with E-state index in [1.54, 1.807) is 0 Å². The van der Waals surface area contributed by atoms with Crippen LogP contribution in [0.2, 0.25) is 5.02 Å². The third-order valence-electron chi connectivity index (χ3n) is 2.87. The van der Waals surface area contributed by atoms with Gasteiger partial charge in [-0.05, 0) is 31.0 Å². The molecule has 82 valence electrons. The van der Waals surface area contributed by atoms with Crippen molar-refractivity contribution in [2.75, 3.05) is 25.1 Å². The normalized spacial score (nSPS) is 20.5. The second-order valence-electron chi connectivity index (χ2n) is 4.02. The molecule has 1 aliphatic rings. The molecule has 1 heterocycles. The molecule has 1 aromatic carbocycles. The fourth-order valence-electron chi connectivity index (χ4n) is 1.80. The highest BCUT2D eigenvalue weighted by atomic mass is 35.5. The van der Waals surface area contributed by atoms with Gasteiger partial charge in [0.05, 0.1) is 6.61 Å². The van der Waals surface area contributed by atoms with E-state index >= 15 is 0 Å². The number of benzene rings is 1. The molecule has 0 amide bonds. The molecular weight excluding hydrogens is 210 g/mol. The van der Waals surface area contributed by atoms with E-state index in [-0.39, 0.29) is 0 Å². The first kappa shape index (κ1) is 10.8. The first-order valence-electron chi connectivity index (χ1n) is 5.34. The van der Waals surface area contributed by atoms with Crippen LogP contribution >= 0.6 is 11.6 Å². The number of anilines is 1. The molecule has 0 aliphatic carbocycles. The van der Waals surface area contributed by atoms with Crippen molar-refractivity contribution in [2.45, 2.75) is 13.3 Å². The third kappa shape index (κ3) is 2.64. The van der Waals surface area contributed by atoms with Gasteiger partial charge in [-0.3, -0.25) is 0 Å². The molecule has 1 unspecified atom stereocenters. The highest BCUT2D eigenvalue weighted by Gasteiger charge is 2.15. The van der Waals surface area contributed by atoms with Gasteiger partial charge in [-0.2, -0.15) is 0 Å². The molecule has 2 nitrogen and oxygen atoms in total. The van der Waals surface area contributed by atoms with Crippen LogP contribution in [0.25, 0.3) is 0 Å². The Balaban J connectivity index is 1.95. The van der Waals surface area contributed by atoms with E-state index in [1.807, 2.05) is 19.1 Å². The Bertz CT molecular complexity index is 334. The van der Waals surface area contributed by atoms with Gasteiger partial charge in [-0.15, -0.1) is 0 Å². The van der Waals surface area contributed by atoms with E-state index < -0.39 is 0 Å². The molecule has 0 bridgehead atoms. The van der Waals surface area contributed by atoms with Crippen LogP contribution in [0.4, 0.5) is 5.69 Å². The fourth-order valence-corrected chi connectivity index (χ4v) is 1.97. The average Bonchev–Trinajstić information content (AvgIpc) is 2.73. The summed E-state index contributed by atoms with van der Waals surface area (Å²) in [5.74, 6) is 0.642. The minimum absolute atomic E-state index is 0.642. The molecular formula is C12H16ClNO. The fraction of sp³-hybridized carbons (Fsp3) is 0.500. The number of ether oxygens (including phenoxy) is 1. The highest BCUT2D eigenvalue weighted by molar-refractivity contribution is 6.31. The van der Waals surface area contributed by atoms with Crippen molar-refractivity contribution < 1.29 is 4.74 Å². The Labute approximate surface area is 95.6 Å². The molecule has 1 fully saturated rings. The van der Waals surface area contributed by atoms with Gasteiger partial charge in [0.1, 0.15) is 0 Å².